The Kier molecular flexibility index (Phi) is 3.50. The lowest BCUT2D eigenvalue weighted by Gasteiger charge is -2.06. The van der Waals surface area contributed by atoms with Gasteiger partial charge in [-0.05, 0) is 29.8 Å². The van der Waals surface area contributed by atoms with Crippen molar-refractivity contribution < 1.29 is 9.15 Å². The van der Waals surface area contributed by atoms with Gasteiger partial charge in [0.2, 0.25) is 0 Å². The normalized spacial score (nSPS) is 10.4. The van der Waals surface area contributed by atoms with Crippen LogP contribution in [0.4, 0.5) is 0 Å². The number of benzene rings is 2. The Morgan fingerprint density at radius 2 is 1.75 bits per heavy atom. The van der Waals surface area contributed by atoms with Gasteiger partial charge in [-0.2, -0.15) is 0 Å². The van der Waals surface area contributed by atoms with Crippen LogP contribution in [0, 0.1) is 6.92 Å². The summed E-state index contributed by atoms with van der Waals surface area (Å²) in [5, 5.41) is 0. The Hall–Kier alpha value is -2.55. The molecule has 1 heterocycles. The minimum absolute atomic E-state index is 0.571. The van der Waals surface area contributed by atoms with Crippen molar-refractivity contribution in [2.24, 2.45) is 0 Å². The van der Waals surface area contributed by atoms with Crippen molar-refractivity contribution in [2.75, 3.05) is 0 Å². The molecule has 0 aliphatic rings. The first kappa shape index (κ1) is 12.5. The Labute approximate surface area is 117 Å². The van der Waals surface area contributed by atoms with Crippen LogP contribution in [0.15, 0.2) is 65.2 Å². The summed E-state index contributed by atoms with van der Waals surface area (Å²) < 4.78 is 11.2. The van der Waals surface area contributed by atoms with Crippen LogP contribution in [-0.2, 0) is 6.61 Å². The Morgan fingerprint density at radius 3 is 2.40 bits per heavy atom. The minimum Gasteiger partial charge on any atom is -0.489 e. The summed E-state index contributed by atoms with van der Waals surface area (Å²) in [4.78, 5) is 4.09. The third-order valence-electron chi connectivity index (χ3n) is 3.01. The number of aromatic nitrogens is 1. The first-order valence-electron chi connectivity index (χ1n) is 6.51. The van der Waals surface area contributed by atoms with E-state index in [1.165, 1.54) is 0 Å². The summed E-state index contributed by atoms with van der Waals surface area (Å²) >= 11 is 0. The molecule has 0 saturated carbocycles. The topological polar surface area (TPSA) is 35.3 Å². The first-order valence-corrected chi connectivity index (χ1v) is 6.51. The molecule has 3 heteroatoms. The van der Waals surface area contributed by atoms with Crippen LogP contribution in [0.25, 0.3) is 11.3 Å². The third-order valence-corrected chi connectivity index (χ3v) is 3.01. The average Bonchev–Trinajstić information content (AvgIpc) is 2.93. The molecule has 100 valence electrons. The Morgan fingerprint density at radius 1 is 1.00 bits per heavy atom. The summed E-state index contributed by atoms with van der Waals surface area (Å²) in [7, 11) is 0. The van der Waals surface area contributed by atoms with Crippen molar-refractivity contribution in [3.8, 4) is 17.1 Å². The molecule has 20 heavy (non-hydrogen) atoms. The first-order chi connectivity index (χ1) is 9.81. The second-order valence-electron chi connectivity index (χ2n) is 4.54. The number of ether oxygens (including phenoxy) is 1. The molecule has 3 nitrogen and oxygen atoms in total. The molecular weight excluding hydrogens is 250 g/mol. The summed E-state index contributed by atoms with van der Waals surface area (Å²) in [5.41, 5.74) is 2.15. The lowest BCUT2D eigenvalue weighted by Crippen LogP contribution is -1.94. The van der Waals surface area contributed by atoms with Crippen molar-refractivity contribution in [3.63, 3.8) is 0 Å². The number of aryl methyl sites for hydroxylation is 1. The molecule has 0 aliphatic heterocycles. The molecule has 0 saturated heterocycles. The number of oxazole rings is 1. The van der Waals surface area contributed by atoms with Gasteiger partial charge in [0.15, 0.2) is 11.7 Å². The Balaban J connectivity index is 1.67. The molecule has 3 rings (SSSR count). The third kappa shape index (κ3) is 2.88. The molecule has 3 aromatic rings. The van der Waals surface area contributed by atoms with Crippen molar-refractivity contribution in [2.45, 2.75) is 13.5 Å². The second kappa shape index (κ2) is 5.61. The molecule has 1 aromatic heterocycles. The van der Waals surface area contributed by atoms with Gasteiger partial charge in [0.1, 0.15) is 12.4 Å². The number of hydrogen-bond acceptors (Lipinski definition) is 3. The van der Waals surface area contributed by atoms with Crippen LogP contribution in [0.1, 0.15) is 11.5 Å². The number of nitrogens with zero attached hydrogens (tertiary/aromatic N) is 1. The predicted molar refractivity (Wildman–Crippen MR) is 77.5 cm³/mol. The zero-order valence-electron chi connectivity index (χ0n) is 11.2. The highest BCUT2D eigenvalue weighted by molar-refractivity contribution is 5.57. The highest BCUT2D eigenvalue weighted by Gasteiger charge is 2.03. The van der Waals surface area contributed by atoms with E-state index in [2.05, 4.69) is 4.98 Å². The standard InChI is InChI=1S/C17H15NO2/c1-13-18-11-17(20-13)15-7-9-16(10-8-15)19-12-14-5-3-2-4-6-14/h2-11H,12H2,1H3. The lowest BCUT2D eigenvalue weighted by atomic mass is 10.2. The van der Waals surface area contributed by atoms with Crippen molar-refractivity contribution in [1.82, 2.24) is 4.98 Å². The fraction of sp³-hybridized carbons (Fsp3) is 0.118. The van der Waals surface area contributed by atoms with E-state index >= 15 is 0 Å². The van der Waals surface area contributed by atoms with Gasteiger partial charge in [0.05, 0.1) is 6.20 Å². The van der Waals surface area contributed by atoms with E-state index in [0.29, 0.717) is 12.5 Å². The summed E-state index contributed by atoms with van der Waals surface area (Å²) in [6.45, 7) is 2.41. The molecule has 0 spiro atoms. The smallest absolute Gasteiger partial charge is 0.191 e. The molecule has 0 N–H and O–H groups in total. The molecule has 0 radical (unpaired) electrons. The summed E-state index contributed by atoms with van der Waals surface area (Å²) in [5.74, 6) is 2.29. The van der Waals surface area contributed by atoms with Gasteiger partial charge in [-0.25, -0.2) is 4.98 Å². The Bertz CT molecular complexity index is 672. The molecular formula is C17H15NO2. The van der Waals surface area contributed by atoms with Gasteiger partial charge < -0.3 is 9.15 Å². The minimum atomic E-state index is 0.571. The largest absolute Gasteiger partial charge is 0.489 e. The maximum atomic E-state index is 5.74. The predicted octanol–water partition coefficient (Wildman–Crippen LogP) is 4.23. The molecule has 0 fully saturated rings. The SMILES string of the molecule is Cc1ncc(-c2ccc(OCc3ccccc3)cc2)o1. The van der Waals surface area contributed by atoms with Crippen molar-refractivity contribution in [1.29, 1.82) is 0 Å². The van der Waals surface area contributed by atoms with Crippen LogP contribution >= 0.6 is 0 Å². The molecule has 0 unspecified atom stereocenters. The zero-order chi connectivity index (χ0) is 13.8. The van der Waals surface area contributed by atoms with E-state index in [4.69, 9.17) is 9.15 Å². The summed E-state index contributed by atoms with van der Waals surface area (Å²) in [6, 6.07) is 17.9. The van der Waals surface area contributed by atoms with Crippen molar-refractivity contribution >= 4 is 0 Å². The van der Waals surface area contributed by atoms with Gasteiger partial charge in [-0.15, -0.1) is 0 Å². The van der Waals surface area contributed by atoms with Crippen LogP contribution < -0.4 is 4.74 Å². The van der Waals surface area contributed by atoms with Gasteiger partial charge in [0.25, 0.3) is 0 Å². The molecule has 0 amide bonds. The van der Waals surface area contributed by atoms with E-state index in [1.807, 2.05) is 61.5 Å². The van der Waals surface area contributed by atoms with Gasteiger partial charge in [-0.3, -0.25) is 0 Å². The highest BCUT2D eigenvalue weighted by atomic mass is 16.5. The second-order valence-corrected chi connectivity index (χ2v) is 4.54. The highest BCUT2D eigenvalue weighted by Crippen LogP contribution is 2.23. The fourth-order valence-corrected chi connectivity index (χ4v) is 1.95. The molecule has 0 aliphatic carbocycles. The van der Waals surface area contributed by atoms with E-state index in [-0.39, 0.29) is 0 Å². The van der Waals surface area contributed by atoms with Crippen LogP contribution in [0.5, 0.6) is 5.75 Å². The molecule has 0 bridgehead atoms. The van der Waals surface area contributed by atoms with E-state index in [9.17, 15) is 0 Å². The van der Waals surface area contributed by atoms with Gasteiger partial charge in [0, 0.05) is 12.5 Å². The maximum absolute atomic E-state index is 5.74. The lowest BCUT2D eigenvalue weighted by molar-refractivity contribution is 0.306. The van der Waals surface area contributed by atoms with E-state index < -0.39 is 0 Å². The summed E-state index contributed by atoms with van der Waals surface area (Å²) in [6.07, 6.45) is 1.73. The molecule has 2 aromatic carbocycles. The van der Waals surface area contributed by atoms with E-state index in [1.54, 1.807) is 6.20 Å². The quantitative estimate of drug-likeness (QED) is 0.708. The monoisotopic (exact) mass is 265 g/mol. The van der Waals surface area contributed by atoms with Crippen LogP contribution in [0.2, 0.25) is 0 Å². The fourth-order valence-electron chi connectivity index (χ4n) is 1.95. The number of rotatable bonds is 4. The van der Waals surface area contributed by atoms with Gasteiger partial charge >= 0.3 is 0 Å². The van der Waals surface area contributed by atoms with E-state index in [0.717, 1.165) is 22.6 Å². The zero-order valence-corrected chi connectivity index (χ0v) is 11.2. The van der Waals surface area contributed by atoms with Crippen LogP contribution in [-0.4, -0.2) is 4.98 Å². The number of hydrogen-bond donors (Lipinski definition) is 0. The van der Waals surface area contributed by atoms with Crippen LogP contribution in [0.3, 0.4) is 0 Å². The van der Waals surface area contributed by atoms with Gasteiger partial charge in [-0.1, -0.05) is 30.3 Å². The maximum Gasteiger partial charge on any atom is 0.191 e. The molecule has 0 atom stereocenters. The average molecular weight is 265 g/mol. The van der Waals surface area contributed by atoms with Crippen molar-refractivity contribution in [3.05, 3.63) is 72.2 Å².